The molecule has 98 valence electrons. The van der Waals surface area contributed by atoms with Crippen LogP contribution in [0.5, 0.6) is 0 Å². The summed E-state index contributed by atoms with van der Waals surface area (Å²) in [6.07, 6.45) is 2.25. The van der Waals surface area contributed by atoms with Crippen LogP contribution in [0, 0.1) is 6.92 Å². The third kappa shape index (κ3) is 2.20. The molecule has 0 amide bonds. The lowest BCUT2D eigenvalue weighted by Gasteiger charge is -2.14. The van der Waals surface area contributed by atoms with Gasteiger partial charge in [-0.3, -0.25) is 21.0 Å². The Labute approximate surface area is 109 Å². The molecule has 1 atom stereocenters. The van der Waals surface area contributed by atoms with Crippen LogP contribution in [0.4, 0.5) is 5.82 Å². The molecule has 18 heavy (non-hydrogen) atoms. The second-order valence-electron chi connectivity index (χ2n) is 4.14. The van der Waals surface area contributed by atoms with Gasteiger partial charge in [0.05, 0.1) is 17.9 Å². The highest BCUT2D eigenvalue weighted by Crippen LogP contribution is 2.26. The van der Waals surface area contributed by atoms with Crippen LogP contribution in [-0.2, 0) is 13.5 Å². The summed E-state index contributed by atoms with van der Waals surface area (Å²) in [4.78, 5) is 0. The number of nitrogens with two attached hydrogens (primary N) is 2. The standard InChI is InChI=1S/C10H16ClN7/c1-5-6(9(11)18(2)17-5)3-8(15-13)7-4-14-16-10(7)12/h4,8,15H,3,13H2,1-2H3,(H3,12,14,16). The van der Waals surface area contributed by atoms with Gasteiger partial charge in [-0.1, -0.05) is 11.6 Å². The highest BCUT2D eigenvalue weighted by atomic mass is 35.5. The van der Waals surface area contributed by atoms with Crippen molar-refractivity contribution >= 4 is 17.4 Å². The molecular weight excluding hydrogens is 254 g/mol. The van der Waals surface area contributed by atoms with Gasteiger partial charge in [-0.05, 0) is 13.3 Å². The van der Waals surface area contributed by atoms with Crippen molar-refractivity contribution < 1.29 is 0 Å². The van der Waals surface area contributed by atoms with Gasteiger partial charge in [-0.25, -0.2) is 0 Å². The van der Waals surface area contributed by atoms with Crippen LogP contribution in [0.1, 0.15) is 22.9 Å². The van der Waals surface area contributed by atoms with E-state index in [1.165, 1.54) is 0 Å². The predicted octanol–water partition coefficient (Wildman–Crippen LogP) is 0.434. The fourth-order valence-corrected chi connectivity index (χ4v) is 2.20. The van der Waals surface area contributed by atoms with Gasteiger partial charge in [0.2, 0.25) is 0 Å². The van der Waals surface area contributed by atoms with Gasteiger partial charge in [-0.15, -0.1) is 0 Å². The maximum atomic E-state index is 6.19. The zero-order valence-corrected chi connectivity index (χ0v) is 11.0. The summed E-state index contributed by atoms with van der Waals surface area (Å²) < 4.78 is 1.64. The first kappa shape index (κ1) is 12.9. The Morgan fingerprint density at radius 3 is 2.78 bits per heavy atom. The fraction of sp³-hybridized carbons (Fsp3) is 0.400. The van der Waals surface area contributed by atoms with E-state index in [-0.39, 0.29) is 6.04 Å². The Hall–Kier alpha value is -1.57. The second kappa shape index (κ2) is 4.97. The Bertz CT molecular complexity index is 544. The number of hydrogen-bond acceptors (Lipinski definition) is 5. The molecule has 2 aromatic rings. The highest BCUT2D eigenvalue weighted by Gasteiger charge is 2.20. The van der Waals surface area contributed by atoms with Gasteiger partial charge in [0, 0.05) is 18.2 Å². The Morgan fingerprint density at radius 1 is 1.61 bits per heavy atom. The first-order valence-corrected chi connectivity index (χ1v) is 5.85. The van der Waals surface area contributed by atoms with Crippen molar-refractivity contribution in [2.75, 3.05) is 5.73 Å². The van der Waals surface area contributed by atoms with Crippen LogP contribution in [0.25, 0.3) is 0 Å². The summed E-state index contributed by atoms with van der Waals surface area (Å²) >= 11 is 6.19. The zero-order valence-electron chi connectivity index (χ0n) is 10.2. The molecule has 8 heteroatoms. The number of aryl methyl sites for hydroxylation is 2. The van der Waals surface area contributed by atoms with Crippen LogP contribution in [0.2, 0.25) is 5.15 Å². The molecule has 0 bridgehead atoms. The third-order valence-corrected chi connectivity index (χ3v) is 3.43. The van der Waals surface area contributed by atoms with Gasteiger partial charge in [0.25, 0.3) is 0 Å². The zero-order chi connectivity index (χ0) is 13.3. The number of anilines is 1. The quantitative estimate of drug-likeness (QED) is 0.475. The summed E-state index contributed by atoms with van der Waals surface area (Å²) in [6, 6.07) is -0.163. The molecule has 0 saturated heterocycles. The largest absolute Gasteiger partial charge is 0.384 e. The topological polar surface area (TPSA) is 111 Å². The van der Waals surface area contributed by atoms with E-state index >= 15 is 0 Å². The lowest BCUT2D eigenvalue weighted by molar-refractivity contribution is 0.552. The second-order valence-corrected chi connectivity index (χ2v) is 4.50. The molecule has 0 spiro atoms. The molecule has 0 aliphatic carbocycles. The maximum absolute atomic E-state index is 6.19. The molecule has 1 unspecified atom stereocenters. The van der Waals surface area contributed by atoms with E-state index in [4.69, 9.17) is 23.2 Å². The number of aromatic nitrogens is 4. The Kier molecular flexibility index (Phi) is 3.55. The van der Waals surface area contributed by atoms with Gasteiger partial charge < -0.3 is 5.73 Å². The van der Waals surface area contributed by atoms with Crippen molar-refractivity contribution in [2.24, 2.45) is 12.9 Å². The maximum Gasteiger partial charge on any atom is 0.130 e. The highest BCUT2D eigenvalue weighted by molar-refractivity contribution is 6.30. The Balaban J connectivity index is 2.29. The van der Waals surface area contributed by atoms with Gasteiger partial charge in [0.1, 0.15) is 11.0 Å². The smallest absolute Gasteiger partial charge is 0.130 e. The lowest BCUT2D eigenvalue weighted by atomic mass is 10.0. The molecule has 0 aliphatic heterocycles. The number of hydrazine groups is 1. The molecule has 7 nitrogen and oxygen atoms in total. The molecule has 2 aromatic heterocycles. The molecule has 0 saturated carbocycles. The van der Waals surface area contributed by atoms with Gasteiger partial charge >= 0.3 is 0 Å². The van der Waals surface area contributed by atoms with Crippen LogP contribution in [-0.4, -0.2) is 20.0 Å². The summed E-state index contributed by atoms with van der Waals surface area (Å²) in [5.41, 5.74) is 11.1. The van der Waals surface area contributed by atoms with Crippen molar-refractivity contribution in [3.8, 4) is 0 Å². The number of nitrogens with zero attached hydrogens (tertiary/aromatic N) is 3. The summed E-state index contributed by atoms with van der Waals surface area (Å²) in [6.45, 7) is 1.91. The minimum Gasteiger partial charge on any atom is -0.384 e. The van der Waals surface area contributed by atoms with E-state index in [1.807, 2.05) is 6.92 Å². The van der Waals surface area contributed by atoms with Crippen molar-refractivity contribution in [3.05, 3.63) is 28.2 Å². The number of aromatic amines is 1. The van der Waals surface area contributed by atoms with Crippen molar-refractivity contribution in [1.29, 1.82) is 0 Å². The third-order valence-electron chi connectivity index (χ3n) is 2.95. The van der Waals surface area contributed by atoms with Crippen LogP contribution in [0.3, 0.4) is 0 Å². The van der Waals surface area contributed by atoms with Crippen LogP contribution in [0.15, 0.2) is 6.20 Å². The number of nitrogens with one attached hydrogen (secondary N) is 2. The number of hydrogen-bond donors (Lipinski definition) is 4. The average molecular weight is 270 g/mol. The van der Waals surface area contributed by atoms with Crippen molar-refractivity contribution in [3.63, 3.8) is 0 Å². The summed E-state index contributed by atoms with van der Waals surface area (Å²) in [7, 11) is 1.80. The lowest BCUT2D eigenvalue weighted by Crippen LogP contribution is -2.30. The van der Waals surface area contributed by atoms with Crippen LogP contribution >= 0.6 is 11.6 Å². The van der Waals surface area contributed by atoms with Crippen LogP contribution < -0.4 is 17.0 Å². The first-order valence-electron chi connectivity index (χ1n) is 5.47. The predicted molar refractivity (Wildman–Crippen MR) is 69.7 cm³/mol. The van der Waals surface area contributed by atoms with Crippen molar-refractivity contribution in [1.82, 2.24) is 25.4 Å². The summed E-state index contributed by atoms with van der Waals surface area (Å²) in [5.74, 6) is 6.07. The van der Waals surface area contributed by atoms with Gasteiger partial charge in [0.15, 0.2) is 0 Å². The molecule has 2 heterocycles. The molecule has 6 N–H and O–H groups in total. The van der Waals surface area contributed by atoms with E-state index in [0.29, 0.717) is 17.4 Å². The molecular formula is C10H16ClN7. The minimum absolute atomic E-state index is 0.163. The number of rotatable bonds is 4. The molecule has 0 fully saturated rings. The summed E-state index contributed by atoms with van der Waals surface area (Å²) in [5, 5.41) is 11.4. The number of nitrogen functional groups attached to an aromatic ring is 1. The van der Waals surface area contributed by atoms with Crippen molar-refractivity contribution in [2.45, 2.75) is 19.4 Å². The molecule has 0 radical (unpaired) electrons. The van der Waals surface area contributed by atoms with E-state index in [2.05, 4.69) is 20.7 Å². The minimum atomic E-state index is -0.163. The normalized spacial score (nSPS) is 12.9. The van der Waals surface area contributed by atoms with E-state index in [1.54, 1.807) is 17.9 Å². The number of H-pyrrole nitrogens is 1. The SMILES string of the molecule is Cc1nn(C)c(Cl)c1CC(NN)c1cn[nH]c1N. The molecule has 0 aromatic carbocycles. The van der Waals surface area contributed by atoms with E-state index in [9.17, 15) is 0 Å². The Morgan fingerprint density at radius 2 is 2.33 bits per heavy atom. The first-order chi connectivity index (χ1) is 8.54. The fourth-order valence-electron chi connectivity index (χ4n) is 1.95. The molecule has 2 rings (SSSR count). The number of halogens is 1. The van der Waals surface area contributed by atoms with Gasteiger partial charge in [-0.2, -0.15) is 10.2 Å². The van der Waals surface area contributed by atoms with E-state index in [0.717, 1.165) is 16.8 Å². The van der Waals surface area contributed by atoms with E-state index < -0.39 is 0 Å². The monoisotopic (exact) mass is 269 g/mol. The average Bonchev–Trinajstić information content (AvgIpc) is 2.84. The molecule has 0 aliphatic rings.